The first-order chi connectivity index (χ1) is 5.99. The van der Waals surface area contributed by atoms with Crippen molar-refractivity contribution in [2.45, 2.75) is 33.3 Å². The number of aliphatic hydroxyl groups excluding tert-OH is 1. The number of hydrogen-bond donors (Lipinski definition) is 1. The largest absolute Gasteiger partial charge is 0.386 e. The molecule has 0 saturated carbocycles. The lowest BCUT2D eigenvalue weighted by molar-refractivity contribution is 0.0399. The zero-order valence-electron chi connectivity index (χ0n) is 8.65. The number of aromatic nitrogens is 3. The zero-order valence-corrected chi connectivity index (χ0v) is 8.65. The lowest BCUT2D eigenvalue weighted by Gasteiger charge is -2.28. The summed E-state index contributed by atoms with van der Waals surface area (Å²) in [5.41, 5.74) is 0.641. The lowest BCUT2D eigenvalue weighted by atomic mass is 9.82. The quantitative estimate of drug-likeness (QED) is 0.768. The highest BCUT2D eigenvalue weighted by Crippen LogP contribution is 2.35. The van der Waals surface area contributed by atoms with E-state index in [0.717, 1.165) is 12.1 Å². The van der Waals surface area contributed by atoms with Crippen LogP contribution in [0.3, 0.4) is 0 Å². The highest BCUT2D eigenvalue weighted by molar-refractivity contribution is 5.02. The third kappa shape index (κ3) is 1.88. The maximum Gasteiger partial charge on any atom is 0.102 e. The average Bonchev–Trinajstić information content (AvgIpc) is 2.50. The summed E-state index contributed by atoms with van der Waals surface area (Å²) in [6.45, 7) is 6.13. The normalized spacial score (nSPS) is 14.5. The molecule has 0 aliphatic rings. The highest BCUT2D eigenvalue weighted by atomic mass is 16.3. The van der Waals surface area contributed by atoms with Crippen LogP contribution in [0, 0.1) is 5.41 Å². The summed E-state index contributed by atoms with van der Waals surface area (Å²) in [6.07, 6.45) is 2.03. The molecule has 4 heteroatoms. The van der Waals surface area contributed by atoms with Crippen molar-refractivity contribution in [1.82, 2.24) is 15.0 Å². The fourth-order valence-electron chi connectivity index (χ4n) is 1.14. The molecular formula is C9H17N3O. The monoisotopic (exact) mass is 183 g/mol. The van der Waals surface area contributed by atoms with E-state index in [2.05, 4.69) is 17.2 Å². The van der Waals surface area contributed by atoms with Crippen LogP contribution in [-0.4, -0.2) is 20.1 Å². The van der Waals surface area contributed by atoms with Gasteiger partial charge in [-0.3, -0.25) is 0 Å². The molecule has 0 amide bonds. The Balaban J connectivity index is 2.91. The maximum atomic E-state index is 10.0. The second kappa shape index (κ2) is 3.46. The van der Waals surface area contributed by atoms with Gasteiger partial charge in [-0.2, -0.15) is 0 Å². The van der Waals surface area contributed by atoms with Gasteiger partial charge in [0.15, 0.2) is 0 Å². The van der Waals surface area contributed by atoms with Gasteiger partial charge in [-0.25, -0.2) is 4.68 Å². The Hall–Kier alpha value is -0.900. The van der Waals surface area contributed by atoms with Crippen molar-refractivity contribution in [1.29, 1.82) is 0 Å². The van der Waals surface area contributed by atoms with E-state index in [9.17, 15) is 5.11 Å². The smallest absolute Gasteiger partial charge is 0.102 e. The summed E-state index contributed by atoms with van der Waals surface area (Å²) in [5, 5.41) is 17.6. The van der Waals surface area contributed by atoms with Crippen LogP contribution in [0.25, 0.3) is 0 Å². The molecule has 0 spiro atoms. The number of hydrogen-bond acceptors (Lipinski definition) is 3. The van der Waals surface area contributed by atoms with Crippen molar-refractivity contribution < 1.29 is 5.11 Å². The van der Waals surface area contributed by atoms with E-state index in [0.29, 0.717) is 0 Å². The highest BCUT2D eigenvalue weighted by Gasteiger charge is 2.29. The second-order valence-electron chi connectivity index (χ2n) is 4.03. The molecule has 1 N–H and O–H groups in total. The van der Waals surface area contributed by atoms with Gasteiger partial charge in [0.1, 0.15) is 6.10 Å². The molecule has 0 aliphatic heterocycles. The van der Waals surface area contributed by atoms with Crippen molar-refractivity contribution in [3.05, 3.63) is 11.9 Å². The van der Waals surface area contributed by atoms with E-state index in [1.807, 2.05) is 13.8 Å². The van der Waals surface area contributed by atoms with Crippen LogP contribution < -0.4 is 0 Å². The Morgan fingerprint density at radius 1 is 1.62 bits per heavy atom. The van der Waals surface area contributed by atoms with E-state index < -0.39 is 6.10 Å². The summed E-state index contributed by atoms with van der Waals surface area (Å²) in [5.74, 6) is 0. The molecule has 74 valence electrons. The Bertz CT molecular complexity index is 280. The van der Waals surface area contributed by atoms with Gasteiger partial charge in [-0.1, -0.05) is 26.0 Å². The van der Waals surface area contributed by atoms with Crippen LogP contribution in [0.15, 0.2) is 6.20 Å². The second-order valence-corrected chi connectivity index (χ2v) is 4.03. The molecule has 0 fully saturated rings. The van der Waals surface area contributed by atoms with Gasteiger partial charge in [0.2, 0.25) is 0 Å². The van der Waals surface area contributed by atoms with Gasteiger partial charge in [0, 0.05) is 7.05 Å². The molecule has 1 aromatic rings. The predicted octanol–water partition coefficient (Wildman–Crippen LogP) is 1.28. The fourth-order valence-corrected chi connectivity index (χ4v) is 1.14. The first-order valence-corrected chi connectivity index (χ1v) is 4.51. The number of nitrogens with zero attached hydrogens (tertiary/aromatic N) is 3. The molecule has 1 heterocycles. The summed E-state index contributed by atoms with van der Waals surface area (Å²) < 4.78 is 1.61. The summed E-state index contributed by atoms with van der Waals surface area (Å²) in [7, 11) is 1.79. The van der Waals surface area contributed by atoms with Crippen LogP contribution >= 0.6 is 0 Å². The van der Waals surface area contributed by atoms with Crippen LogP contribution in [0.2, 0.25) is 0 Å². The average molecular weight is 183 g/mol. The number of aliphatic hydroxyl groups is 1. The van der Waals surface area contributed by atoms with E-state index in [1.54, 1.807) is 17.9 Å². The molecular weight excluding hydrogens is 166 g/mol. The maximum absolute atomic E-state index is 10.0. The minimum Gasteiger partial charge on any atom is -0.386 e. The standard InChI is InChI=1S/C9H17N3O/c1-5-9(2,3)8(13)7-6-10-11-12(7)4/h6,8,13H,5H2,1-4H3. The zero-order chi connectivity index (χ0) is 10.1. The topological polar surface area (TPSA) is 50.9 Å². The summed E-state index contributed by atoms with van der Waals surface area (Å²) >= 11 is 0. The van der Waals surface area contributed by atoms with E-state index in [-0.39, 0.29) is 5.41 Å². The van der Waals surface area contributed by atoms with Crippen LogP contribution in [0.4, 0.5) is 0 Å². The molecule has 0 bridgehead atoms. The summed E-state index contributed by atoms with van der Waals surface area (Å²) in [4.78, 5) is 0. The number of aryl methyl sites for hydroxylation is 1. The van der Waals surface area contributed by atoms with Gasteiger partial charge >= 0.3 is 0 Å². The molecule has 13 heavy (non-hydrogen) atoms. The molecule has 0 aliphatic carbocycles. The van der Waals surface area contributed by atoms with Gasteiger partial charge in [-0.15, -0.1) is 5.10 Å². The van der Waals surface area contributed by atoms with Crippen molar-refractivity contribution in [2.75, 3.05) is 0 Å². The van der Waals surface area contributed by atoms with E-state index in [4.69, 9.17) is 0 Å². The van der Waals surface area contributed by atoms with Crippen LogP contribution in [-0.2, 0) is 7.05 Å². The molecule has 0 aromatic carbocycles. The van der Waals surface area contributed by atoms with Crippen molar-refractivity contribution >= 4 is 0 Å². The lowest BCUT2D eigenvalue weighted by Crippen LogP contribution is -2.23. The van der Waals surface area contributed by atoms with Crippen LogP contribution in [0.5, 0.6) is 0 Å². The van der Waals surface area contributed by atoms with Gasteiger partial charge < -0.3 is 5.11 Å². The third-order valence-electron chi connectivity index (χ3n) is 2.68. The van der Waals surface area contributed by atoms with Crippen molar-refractivity contribution in [3.63, 3.8) is 0 Å². The molecule has 1 unspecified atom stereocenters. The Labute approximate surface area is 78.6 Å². The van der Waals surface area contributed by atoms with E-state index in [1.165, 1.54) is 0 Å². The Morgan fingerprint density at radius 2 is 2.23 bits per heavy atom. The molecule has 1 atom stereocenters. The molecule has 4 nitrogen and oxygen atoms in total. The van der Waals surface area contributed by atoms with Crippen molar-refractivity contribution in [2.24, 2.45) is 12.5 Å². The van der Waals surface area contributed by atoms with Crippen molar-refractivity contribution in [3.8, 4) is 0 Å². The SMILES string of the molecule is CCC(C)(C)C(O)c1cnnn1C. The number of rotatable bonds is 3. The third-order valence-corrected chi connectivity index (χ3v) is 2.68. The predicted molar refractivity (Wildman–Crippen MR) is 50.0 cm³/mol. The molecule has 1 aromatic heterocycles. The fraction of sp³-hybridized carbons (Fsp3) is 0.778. The first kappa shape index (κ1) is 10.2. The van der Waals surface area contributed by atoms with E-state index >= 15 is 0 Å². The molecule has 0 radical (unpaired) electrons. The molecule has 0 saturated heterocycles. The summed E-state index contributed by atoms with van der Waals surface area (Å²) in [6, 6.07) is 0. The van der Waals surface area contributed by atoms with Gasteiger partial charge in [0.25, 0.3) is 0 Å². The van der Waals surface area contributed by atoms with Gasteiger partial charge in [-0.05, 0) is 11.8 Å². The van der Waals surface area contributed by atoms with Gasteiger partial charge in [0.05, 0.1) is 11.9 Å². The minimum absolute atomic E-state index is 0.129. The molecule has 1 rings (SSSR count). The van der Waals surface area contributed by atoms with Crippen LogP contribution in [0.1, 0.15) is 39.0 Å². The Kier molecular flexibility index (Phi) is 2.71. The minimum atomic E-state index is -0.502. The Morgan fingerprint density at radius 3 is 2.62 bits per heavy atom. The first-order valence-electron chi connectivity index (χ1n) is 4.51.